The molecule has 25 heavy (non-hydrogen) atoms. The summed E-state index contributed by atoms with van der Waals surface area (Å²) in [5, 5.41) is 3.46. The van der Waals surface area contributed by atoms with E-state index in [0.717, 1.165) is 77.4 Å². The van der Waals surface area contributed by atoms with Crippen LogP contribution in [0.2, 0.25) is 0 Å². The molecule has 4 unspecified atom stereocenters. The minimum absolute atomic E-state index is 0.0665. The van der Waals surface area contributed by atoms with Crippen LogP contribution in [0.15, 0.2) is 0 Å². The van der Waals surface area contributed by atoms with Crippen LogP contribution >= 0.6 is 0 Å². The molecule has 3 rings (SSSR count). The van der Waals surface area contributed by atoms with Gasteiger partial charge in [0.25, 0.3) is 0 Å². The molecule has 3 fully saturated rings. The fourth-order valence-electron chi connectivity index (χ4n) is 4.24. The first-order valence-corrected chi connectivity index (χ1v) is 11.3. The lowest BCUT2D eigenvalue weighted by atomic mass is 9.95. The van der Waals surface area contributed by atoms with Crippen LogP contribution in [0.3, 0.4) is 0 Å². The Hall–Kier alpha value is -0.660. The second-order valence-electron chi connectivity index (χ2n) is 7.62. The molecular formula is C18H33N3O3S. The van der Waals surface area contributed by atoms with Crippen LogP contribution in [-0.4, -0.2) is 83.0 Å². The Morgan fingerprint density at radius 1 is 1.20 bits per heavy atom. The summed E-state index contributed by atoms with van der Waals surface area (Å²) in [5.74, 6) is 1.39. The van der Waals surface area contributed by atoms with E-state index in [-0.39, 0.29) is 17.3 Å². The molecule has 1 saturated carbocycles. The summed E-state index contributed by atoms with van der Waals surface area (Å²) in [6.07, 6.45) is 5.16. The highest BCUT2D eigenvalue weighted by Crippen LogP contribution is 2.23. The Kier molecular flexibility index (Phi) is 7.13. The Bertz CT molecular complexity index is 462. The summed E-state index contributed by atoms with van der Waals surface area (Å²) >= 11 is 0. The molecule has 2 aliphatic heterocycles. The van der Waals surface area contributed by atoms with Crippen molar-refractivity contribution in [1.82, 2.24) is 15.1 Å². The van der Waals surface area contributed by atoms with Crippen molar-refractivity contribution >= 4 is 16.8 Å². The van der Waals surface area contributed by atoms with Gasteiger partial charge < -0.3 is 15.0 Å². The van der Waals surface area contributed by atoms with Crippen molar-refractivity contribution in [3.05, 3.63) is 0 Å². The van der Waals surface area contributed by atoms with Crippen LogP contribution in [-0.2, 0) is 15.5 Å². The van der Waals surface area contributed by atoms with Gasteiger partial charge >= 0.3 is 6.03 Å². The fourth-order valence-corrected chi connectivity index (χ4v) is 5.59. The number of ether oxygens (including phenoxy) is 1. The van der Waals surface area contributed by atoms with E-state index in [1.54, 1.807) is 0 Å². The van der Waals surface area contributed by atoms with Gasteiger partial charge in [0.15, 0.2) is 0 Å². The molecule has 0 spiro atoms. The molecule has 7 heteroatoms. The lowest BCUT2D eigenvalue weighted by molar-refractivity contribution is 0.117. The Morgan fingerprint density at radius 2 is 2.00 bits per heavy atom. The van der Waals surface area contributed by atoms with Gasteiger partial charge in [0.1, 0.15) is 0 Å². The van der Waals surface area contributed by atoms with Gasteiger partial charge in [-0.3, -0.25) is 9.11 Å². The SMILES string of the molecule is CCS(=O)C1CCCC(NC(=O)N2CCN(CC3CCOC3)CC2)C1. The van der Waals surface area contributed by atoms with Crippen molar-refractivity contribution in [2.75, 3.05) is 51.7 Å². The fraction of sp³-hybridized carbons (Fsp3) is 0.944. The maximum atomic E-state index is 12.6. The van der Waals surface area contributed by atoms with E-state index in [1.165, 1.54) is 6.42 Å². The summed E-state index contributed by atoms with van der Waals surface area (Å²) in [7, 11) is -0.743. The van der Waals surface area contributed by atoms with Crippen LogP contribution in [0, 0.1) is 5.92 Å². The largest absolute Gasteiger partial charge is 0.381 e. The summed E-state index contributed by atoms with van der Waals surface area (Å²) in [5.41, 5.74) is 0. The number of nitrogens with zero attached hydrogens (tertiary/aromatic N) is 2. The monoisotopic (exact) mass is 371 g/mol. The molecule has 0 aromatic carbocycles. The molecule has 0 bridgehead atoms. The van der Waals surface area contributed by atoms with Gasteiger partial charge in [-0.1, -0.05) is 13.3 Å². The molecule has 3 aliphatic rings. The molecule has 0 aromatic rings. The number of nitrogens with one attached hydrogen (secondary N) is 1. The predicted molar refractivity (Wildman–Crippen MR) is 100 cm³/mol. The van der Waals surface area contributed by atoms with Gasteiger partial charge in [-0.25, -0.2) is 4.79 Å². The third-order valence-electron chi connectivity index (χ3n) is 5.81. The third-order valence-corrected chi connectivity index (χ3v) is 7.55. The smallest absolute Gasteiger partial charge is 0.317 e. The molecule has 144 valence electrons. The zero-order valence-electron chi connectivity index (χ0n) is 15.5. The summed E-state index contributed by atoms with van der Waals surface area (Å²) in [4.78, 5) is 17.0. The predicted octanol–water partition coefficient (Wildman–Crippen LogP) is 1.43. The van der Waals surface area contributed by atoms with Gasteiger partial charge in [-0.05, 0) is 31.6 Å². The number of rotatable bonds is 5. The van der Waals surface area contributed by atoms with Gasteiger partial charge in [0.2, 0.25) is 0 Å². The van der Waals surface area contributed by atoms with Crippen LogP contribution in [0.1, 0.15) is 39.0 Å². The summed E-state index contributed by atoms with van der Waals surface area (Å²) in [6, 6.07) is 0.257. The molecule has 2 heterocycles. The Labute approximate surface area is 154 Å². The topological polar surface area (TPSA) is 61.9 Å². The van der Waals surface area contributed by atoms with Crippen molar-refractivity contribution in [2.45, 2.75) is 50.3 Å². The van der Waals surface area contributed by atoms with Crippen LogP contribution in [0.5, 0.6) is 0 Å². The average Bonchev–Trinajstić information content (AvgIpc) is 3.15. The van der Waals surface area contributed by atoms with Crippen molar-refractivity contribution in [2.24, 2.45) is 5.92 Å². The maximum absolute atomic E-state index is 12.6. The molecule has 0 aromatic heterocycles. The first kappa shape index (κ1) is 19.1. The molecule has 2 saturated heterocycles. The zero-order valence-corrected chi connectivity index (χ0v) is 16.3. The zero-order chi connectivity index (χ0) is 17.6. The normalized spacial score (nSPS) is 32.5. The van der Waals surface area contributed by atoms with Crippen molar-refractivity contribution in [1.29, 1.82) is 0 Å². The van der Waals surface area contributed by atoms with E-state index in [1.807, 2.05) is 11.8 Å². The molecule has 2 amide bonds. The Morgan fingerprint density at radius 3 is 2.68 bits per heavy atom. The molecule has 0 radical (unpaired) electrons. The first-order chi connectivity index (χ1) is 12.2. The quantitative estimate of drug-likeness (QED) is 0.794. The van der Waals surface area contributed by atoms with Crippen LogP contribution in [0.4, 0.5) is 4.79 Å². The summed E-state index contributed by atoms with van der Waals surface area (Å²) < 4.78 is 17.5. The highest BCUT2D eigenvalue weighted by atomic mass is 32.2. The summed E-state index contributed by atoms with van der Waals surface area (Å²) in [6.45, 7) is 8.39. The van der Waals surface area contributed by atoms with E-state index in [4.69, 9.17) is 4.74 Å². The van der Waals surface area contributed by atoms with Crippen molar-refractivity contribution in [3.8, 4) is 0 Å². The molecular weight excluding hydrogens is 338 g/mol. The van der Waals surface area contributed by atoms with Crippen LogP contribution in [0.25, 0.3) is 0 Å². The first-order valence-electron chi connectivity index (χ1n) is 9.88. The molecule has 1 N–H and O–H groups in total. The molecule has 6 nitrogen and oxygen atoms in total. The second-order valence-corrected chi connectivity index (χ2v) is 9.63. The molecule has 1 aliphatic carbocycles. The lowest BCUT2D eigenvalue weighted by Crippen LogP contribution is -2.54. The number of piperazine rings is 1. The third kappa shape index (κ3) is 5.41. The standard InChI is InChI=1S/C18H33N3O3S/c1-2-25(23)17-5-3-4-16(12-17)19-18(22)21-9-7-20(8-10-21)13-15-6-11-24-14-15/h15-17H,2-14H2,1H3,(H,19,22). The number of hydrogen-bond acceptors (Lipinski definition) is 4. The number of carbonyl (C=O) groups excluding carboxylic acids is 1. The number of urea groups is 1. The van der Waals surface area contributed by atoms with E-state index >= 15 is 0 Å². The van der Waals surface area contributed by atoms with E-state index in [0.29, 0.717) is 5.92 Å². The maximum Gasteiger partial charge on any atom is 0.317 e. The second kappa shape index (κ2) is 9.33. The molecule has 4 atom stereocenters. The number of carbonyl (C=O) groups is 1. The van der Waals surface area contributed by atoms with Crippen LogP contribution < -0.4 is 5.32 Å². The van der Waals surface area contributed by atoms with Gasteiger partial charge in [-0.2, -0.15) is 0 Å². The van der Waals surface area contributed by atoms with Crippen molar-refractivity contribution in [3.63, 3.8) is 0 Å². The van der Waals surface area contributed by atoms with Gasteiger partial charge in [0, 0.05) is 67.2 Å². The van der Waals surface area contributed by atoms with Gasteiger partial charge in [0.05, 0.1) is 6.61 Å². The van der Waals surface area contributed by atoms with E-state index < -0.39 is 10.8 Å². The lowest BCUT2D eigenvalue weighted by Gasteiger charge is -2.37. The van der Waals surface area contributed by atoms with Gasteiger partial charge in [-0.15, -0.1) is 0 Å². The highest BCUT2D eigenvalue weighted by Gasteiger charge is 2.29. The number of amides is 2. The van der Waals surface area contributed by atoms with E-state index in [9.17, 15) is 9.00 Å². The highest BCUT2D eigenvalue weighted by molar-refractivity contribution is 7.85. The van der Waals surface area contributed by atoms with E-state index in [2.05, 4.69) is 10.2 Å². The number of hydrogen-bond donors (Lipinski definition) is 1. The minimum atomic E-state index is -0.743. The average molecular weight is 372 g/mol. The Balaban J connectivity index is 1.39. The van der Waals surface area contributed by atoms with Crippen molar-refractivity contribution < 1.29 is 13.7 Å². The minimum Gasteiger partial charge on any atom is -0.381 e.